The zero-order valence-electron chi connectivity index (χ0n) is 7.22. The van der Waals surface area contributed by atoms with Crippen LogP contribution in [0.5, 0.6) is 0 Å². The molecule has 7 heteroatoms. The molecule has 2 N–H and O–H groups in total. The van der Waals surface area contributed by atoms with E-state index in [0.717, 1.165) is 15.2 Å². The Kier molecular flexibility index (Phi) is 2.90. The molecule has 0 saturated heterocycles. The predicted molar refractivity (Wildman–Crippen MR) is 57.9 cm³/mol. The third kappa shape index (κ3) is 1.84. The van der Waals surface area contributed by atoms with Crippen LogP contribution in [0.25, 0.3) is 10.7 Å². The van der Waals surface area contributed by atoms with E-state index in [4.69, 9.17) is 5.73 Å². The van der Waals surface area contributed by atoms with Crippen LogP contribution in [0.3, 0.4) is 0 Å². The fraction of sp³-hybridized carbons (Fsp3) is 0.286. The second kappa shape index (κ2) is 4.16. The van der Waals surface area contributed by atoms with Crippen LogP contribution in [0.4, 0.5) is 0 Å². The highest BCUT2D eigenvalue weighted by Crippen LogP contribution is 2.27. The third-order valence-corrected chi connectivity index (χ3v) is 3.35. The summed E-state index contributed by atoms with van der Waals surface area (Å²) in [5, 5.41) is 13.4. The first-order valence-electron chi connectivity index (χ1n) is 4.02. The molecule has 5 nitrogen and oxygen atoms in total. The maximum absolute atomic E-state index is 5.45. The van der Waals surface area contributed by atoms with Crippen LogP contribution in [-0.4, -0.2) is 26.8 Å². The van der Waals surface area contributed by atoms with E-state index in [2.05, 4.69) is 31.5 Å². The first kappa shape index (κ1) is 9.75. The third-order valence-electron chi connectivity index (χ3n) is 1.66. The van der Waals surface area contributed by atoms with E-state index in [9.17, 15) is 0 Å². The molecule has 0 bridgehead atoms. The molecule has 0 fully saturated rings. The molecule has 0 aliphatic heterocycles. The Labute approximate surface area is 93.0 Å². The maximum Gasteiger partial charge on any atom is 0.192 e. The highest BCUT2D eigenvalue weighted by molar-refractivity contribution is 9.10. The highest BCUT2D eigenvalue weighted by Gasteiger charge is 2.09. The standard InChI is InChI=1S/C7H8BrN5S/c8-5-3-6(14-4-5)7-10-11-12-13(7)2-1-9/h3-4H,1-2,9H2. The predicted octanol–water partition coefficient (Wildman–Crippen LogP) is 1.12. The van der Waals surface area contributed by atoms with E-state index < -0.39 is 0 Å². The lowest BCUT2D eigenvalue weighted by atomic mass is 10.4. The Morgan fingerprint density at radius 1 is 1.57 bits per heavy atom. The van der Waals surface area contributed by atoms with Crippen molar-refractivity contribution >= 4 is 27.3 Å². The number of thiophene rings is 1. The van der Waals surface area contributed by atoms with E-state index in [1.165, 1.54) is 0 Å². The van der Waals surface area contributed by atoms with E-state index in [0.29, 0.717) is 13.1 Å². The topological polar surface area (TPSA) is 69.6 Å². The lowest BCUT2D eigenvalue weighted by Gasteiger charge is -1.98. The van der Waals surface area contributed by atoms with Gasteiger partial charge in [-0.05, 0) is 32.4 Å². The van der Waals surface area contributed by atoms with Crippen LogP contribution >= 0.6 is 27.3 Å². The van der Waals surface area contributed by atoms with Gasteiger partial charge in [-0.25, -0.2) is 4.68 Å². The van der Waals surface area contributed by atoms with Gasteiger partial charge in [0.15, 0.2) is 5.82 Å². The lowest BCUT2D eigenvalue weighted by Crippen LogP contribution is -2.12. The van der Waals surface area contributed by atoms with Gasteiger partial charge in [0.1, 0.15) is 0 Å². The summed E-state index contributed by atoms with van der Waals surface area (Å²) >= 11 is 4.99. The van der Waals surface area contributed by atoms with Gasteiger partial charge >= 0.3 is 0 Å². The average molecular weight is 274 g/mol. The summed E-state index contributed by atoms with van der Waals surface area (Å²) in [6, 6.07) is 1.99. The second-order valence-electron chi connectivity index (χ2n) is 2.64. The normalized spacial score (nSPS) is 10.7. The largest absolute Gasteiger partial charge is 0.329 e. The molecule has 0 atom stereocenters. The summed E-state index contributed by atoms with van der Waals surface area (Å²) in [5.41, 5.74) is 5.45. The molecule has 2 rings (SSSR count). The molecule has 0 aliphatic carbocycles. The Balaban J connectivity index is 2.36. The molecule has 2 heterocycles. The fourth-order valence-electron chi connectivity index (χ4n) is 1.08. The van der Waals surface area contributed by atoms with Crippen molar-refractivity contribution in [2.24, 2.45) is 5.73 Å². The summed E-state index contributed by atoms with van der Waals surface area (Å²) in [4.78, 5) is 1.04. The molecule has 2 aromatic heterocycles. The van der Waals surface area contributed by atoms with Crippen molar-refractivity contribution in [3.63, 3.8) is 0 Å². The van der Waals surface area contributed by atoms with Crippen molar-refractivity contribution in [2.75, 3.05) is 6.54 Å². The fourth-order valence-corrected chi connectivity index (χ4v) is 2.50. The minimum Gasteiger partial charge on any atom is -0.329 e. The van der Waals surface area contributed by atoms with Crippen molar-refractivity contribution in [1.82, 2.24) is 20.2 Å². The number of nitrogens with two attached hydrogens (primary N) is 1. The summed E-state index contributed by atoms with van der Waals surface area (Å²) in [6.45, 7) is 1.17. The van der Waals surface area contributed by atoms with Crippen molar-refractivity contribution in [2.45, 2.75) is 6.54 Å². The summed E-state index contributed by atoms with van der Waals surface area (Å²) in [6.07, 6.45) is 0. The smallest absolute Gasteiger partial charge is 0.192 e. The van der Waals surface area contributed by atoms with Crippen LogP contribution in [0.2, 0.25) is 0 Å². The summed E-state index contributed by atoms with van der Waals surface area (Å²) < 4.78 is 2.75. The quantitative estimate of drug-likeness (QED) is 0.910. The molecule has 0 saturated carbocycles. The van der Waals surface area contributed by atoms with E-state index in [1.54, 1.807) is 16.0 Å². The molecule has 0 aliphatic rings. The Morgan fingerprint density at radius 2 is 2.43 bits per heavy atom. The van der Waals surface area contributed by atoms with Gasteiger partial charge in [0, 0.05) is 16.4 Å². The zero-order valence-corrected chi connectivity index (χ0v) is 9.62. The SMILES string of the molecule is NCCn1nnnc1-c1cc(Br)cs1. The van der Waals surface area contributed by atoms with Crippen LogP contribution in [-0.2, 0) is 6.54 Å². The summed E-state index contributed by atoms with van der Waals surface area (Å²) in [7, 11) is 0. The highest BCUT2D eigenvalue weighted by atomic mass is 79.9. The first-order chi connectivity index (χ1) is 6.81. The number of halogens is 1. The number of hydrogen-bond donors (Lipinski definition) is 1. The molecule has 0 radical (unpaired) electrons. The number of hydrogen-bond acceptors (Lipinski definition) is 5. The number of rotatable bonds is 3. The van der Waals surface area contributed by atoms with Gasteiger partial charge in [0.2, 0.25) is 0 Å². The Hall–Kier alpha value is -0.790. The minimum absolute atomic E-state index is 0.532. The molecular formula is C7H8BrN5S. The number of aromatic nitrogens is 4. The molecule has 0 spiro atoms. The van der Waals surface area contributed by atoms with Gasteiger partial charge < -0.3 is 5.73 Å². The monoisotopic (exact) mass is 273 g/mol. The van der Waals surface area contributed by atoms with Gasteiger partial charge in [-0.15, -0.1) is 16.4 Å². The lowest BCUT2D eigenvalue weighted by molar-refractivity contribution is 0.603. The van der Waals surface area contributed by atoms with Crippen LogP contribution < -0.4 is 5.73 Å². The molecule has 0 aromatic carbocycles. The zero-order chi connectivity index (χ0) is 9.97. The van der Waals surface area contributed by atoms with Gasteiger partial charge in [0.25, 0.3) is 0 Å². The molecule has 14 heavy (non-hydrogen) atoms. The van der Waals surface area contributed by atoms with Gasteiger partial charge in [-0.1, -0.05) is 0 Å². The Bertz CT molecular complexity index is 423. The minimum atomic E-state index is 0.532. The van der Waals surface area contributed by atoms with E-state index >= 15 is 0 Å². The van der Waals surface area contributed by atoms with Crippen LogP contribution in [0, 0.1) is 0 Å². The number of nitrogens with zero attached hydrogens (tertiary/aromatic N) is 4. The molecule has 2 aromatic rings. The maximum atomic E-state index is 5.45. The van der Waals surface area contributed by atoms with E-state index in [-0.39, 0.29) is 0 Å². The molecule has 74 valence electrons. The van der Waals surface area contributed by atoms with Crippen molar-refractivity contribution < 1.29 is 0 Å². The van der Waals surface area contributed by atoms with E-state index in [1.807, 2.05) is 11.4 Å². The van der Waals surface area contributed by atoms with Crippen LogP contribution in [0.1, 0.15) is 0 Å². The van der Waals surface area contributed by atoms with Gasteiger partial charge in [-0.3, -0.25) is 0 Å². The average Bonchev–Trinajstić information content (AvgIpc) is 2.74. The van der Waals surface area contributed by atoms with Crippen LogP contribution in [0.15, 0.2) is 15.9 Å². The van der Waals surface area contributed by atoms with Crippen molar-refractivity contribution in [3.05, 3.63) is 15.9 Å². The summed E-state index contributed by atoms with van der Waals surface area (Å²) in [5.74, 6) is 0.770. The van der Waals surface area contributed by atoms with Gasteiger partial charge in [0.05, 0.1) is 11.4 Å². The molecule has 0 unspecified atom stereocenters. The second-order valence-corrected chi connectivity index (χ2v) is 4.47. The molecule has 0 amide bonds. The number of tetrazole rings is 1. The van der Waals surface area contributed by atoms with Crippen molar-refractivity contribution in [3.8, 4) is 10.7 Å². The first-order valence-corrected chi connectivity index (χ1v) is 5.69. The Morgan fingerprint density at radius 3 is 3.07 bits per heavy atom. The van der Waals surface area contributed by atoms with Crippen molar-refractivity contribution in [1.29, 1.82) is 0 Å². The molecular weight excluding hydrogens is 266 g/mol. The van der Waals surface area contributed by atoms with Gasteiger partial charge in [-0.2, -0.15) is 0 Å².